The van der Waals surface area contributed by atoms with Crippen LogP contribution in [0.5, 0.6) is 0 Å². The van der Waals surface area contributed by atoms with E-state index in [4.69, 9.17) is 4.43 Å². The van der Waals surface area contributed by atoms with E-state index in [1.54, 1.807) is 0 Å². The molecule has 0 amide bonds. The molecule has 0 spiro atoms. The van der Waals surface area contributed by atoms with Crippen LogP contribution in [0.3, 0.4) is 0 Å². The molecular weight excluding hydrogens is 348 g/mol. The van der Waals surface area contributed by atoms with Crippen LogP contribution >= 0.6 is 22.6 Å². The van der Waals surface area contributed by atoms with Crippen LogP contribution < -0.4 is 0 Å². The third-order valence-corrected chi connectivity index (χ3v) is 8.09. The van der Waals surface area contributed by atoms with Crippen molar-refractivity contribution in [2.24, 2.45) is 0 Å². The number of hydrogen-bond acceptors (Lipinski definition) is 1. The summed E-state index contributed by atoms with van der Waals surface area (Å²) in [6.07, 6.45) is -5.82. The number of halogens is 4. The van der Waals surface area contributed by atoms with Crippen LogP contribution in [0.1, 0.15) is 27.2 Å². The van der Waals surface area contributed by atoms with Gasteiger partial charge in [0.25, 0.3) is 0 Å². The van der Waals surface area contributed by atoms with E-state index >= 15 is 0 Å². The summed E-state index contributed by atoms with van der Waals surface area (Å²) >= 11 is 1.95. The highest BCUT2D eigenvalue weighted by molar-refractivity contribution is 14.1. The molecule has 1 nitrogen and oxygen atoms in total. The number of alkyl halides is 4. The van der Waals surface area contributed by atoms with Crippen LogP contribution in [0.15, 0.2) is 0 Å². The Morgan fingerprint density at radius 3 is 1.88 bits per heavy atom. The molecule has 0 saturated carbocycles. The maximum Gasteiger partial charge on any atom is 0.413 e. The zero-order chi connectivity index (χ0) is 13.2. The minimum Gasteiger partial charge on any atom is -0.405 e. The molecule has 0 aromatic heterocycles. The molecule has 0 heterocycles. The van der Waals surface area contributed by atoms with E-state index in [0.717, 1.165) is 0 Å². The minimum atomic E-state index is -4.25. The van der Waals surface area contributed by atoms with Crippen LogP contribution in [0.25, 0.3) is 0 Å². The summed E-state index contributed by atoms with van der Waals surface area (Å²) in [6, 6.07) is 0. The first-order valence-electron chi connectivity index (χ1n) is 5.22. The lowest BCUT2D eigenvalue weighted by molar-refractivity contribution is -0.198. The fourth-order valence-corrected chi connectivity index (χ4v) is 2.80. The molecule has 0 aliphatic carbocycles. The van der Waals surface area contributed by atoms with Crippen molar-refractivity contribution in [2.75, 3.05) is 4.43 Å². The predicted molar refractivity (Wildman–Crippen MR) is 71.6 cm³/mol. The Labute approximate surface area is 110 Å². The van der Waals surface area contributed by atoms with Crippen molar-refractivity contribution in [2.45, 2.75) is 57.6 Å². The van der Waals surface area contributed by atoms with Gasteiger partial charge < -0.3 is 4.43 Å². The van der Waals surface area contributed by atoms with Gasteiger partial charge in [-0.05, 0) is 24.6 Å². The van der Waals surface area contributed by atoms with Crippen LogP contribution in [-0.2, 0) is 4.43 Å². The van der Waals surface area contributed by atoms with Gasteiger partial charge in [0.05, 0.1) is 0 Å². The molecule has 0 aliphatic heterocycles. The van der Waals surface area contributed by atoms with Crippen molar-refractivity contribution < 1.29 is 17.6 Å². The second kappa shape index (κ2) is 5.56. The van der Waals surface area contributed by atoms with Gasteiger partial charge in [-0.2, -0.15) is 13.2 Å². The average molecular weight is 368 g/mol. The highest BCUT2D eigenvalue weighted by Crippen LogP contribution is 2.40. The molecule has 0 unspecified atom stereocenters. The Bertz CT molecular complexity index is 223. The van der Waals surface area contributed by atoms with Gasteiger partial charge in [0.1, 0.15) is 6.10 Å². The monoisotopic (exact) mass is 368 g/mol. The molecule has 0 aliphatic rings. The molecule has 0 fully saturated rings. The summed E-state index contributed by atoms with van der Waals surface area (Å²) in [5.74, 6) is 0. The Balaban J connectivity index is 4.76. The fourth-order valence-electron chi connectivity index (χ4n) is 0.921. The molecule has 6 heteroatoms. The summed E-state index contributed by atoms with van der Waals surface area (Å²) in [5, 5.41) is -0.193. The predicted octanol–water partition coefficient (Wildman–Crippen LogP) is 4.76. The molecule has 0 aromatic rings. The van der Waals surface area contributed by atoms with E-state index in [1.165, 1.54) is 0 Å². The minimum absolute atomic E-state index is 0.0383. The van der Waals surface area contributed by atoms with Crippen molar-refractivity contribution >= 4 is 30.9 Å². The summed E-state index contributed by atoms with van der Waals surface area (Å²) in [4.78, 5) is 0. The molecular formula is C10H20F3IOSi. The Morgan fingerprint density at radius 2 is 1.62 bits per heavy atom. The standard InChI is InChI=1S/C10H20F3IOSi/c1-9(2,3)16(4,5)15-8(6-7-14)10(11,12)13/h8H,6-7H2,1-5H3/t8-/m0/s1. The normalized spacial score (nSPS) is 16.3. The van der Waals surface area contributed by atoms with Crippen molar-refractivity contribution in [3.8, 4) is 0 Å². The largest absolute Gasteiger partial charge is 0.413 e. The smallest absolute Gasteiger partial charge is 0.405 e. The molecule has 98 valence electrons. The topological polar surface area (TPSA) is 9.23 Å². The van der Waals surface area contributed by atoms with E-state index in [1.807, 2.05) is 56.5 Å². The van der Waals surface area contributed by atoms with Crippen LogP contribution in [0.2, 0.25) is 18.1 Å². The molecule has 0 saturated heterocycles. The maximum absolute atomic E-state index is 12.7. The maximum atomic E-state index is 12.7. The van der Waals surface area contributed by atoms with Gasteiger partial charge in [-0.25, -0.2) is 0 Å². The van der Waals surface area contributed by atoms with Gasteiger partial charge in [0.2, 0.25) is 0 Å². The molecule has 0 bridgehead atoms. The SMILES string of the molecule is CC(C)(C)[Si](C)(C)O[C@@H](CCI)C(F)(F)F. The second-order valence-electron chi connectivity index (χ2n) is 5.39. The van der Waals surface area contributed by atoms with E-state index < -0.39 is 20.6 Å². The van der Waals surface area contributed by atoms with Gasteiger partial charge in [-0.1, -0.05) is 43.4 Å². The highest BCUT2D eigenvalue weighted by atomic mass is 127. The van der Waals surface area contributed by atoms with Crippen LogP contribution in [0, 0.1) is 0 Å². The first kappa shape index (κ1) is 16.7. The Kier molecular flexibility index (Phi) is 5.80. The van der Waals surface area contributed by atoms with Crippen molar-refractivity contribution in [3.63, 3.8) is 0 Å². The third kappa shape index (κ3) is 4.91. The zero-order valence-corrected chi connectivity index (χ0v) is 13.6. The van der Waals surface area contributed by atoms with Crippen molar-refractivity contribution in [3.05, 3.63) is 0 Å². The van der Waals surface area contributed by atoms with Crippen molar-refractivity contribution in [1.82, 2.24) is 0 Å². The molecule has 16 heavy (non-hydrogen) atoms. The molecule has 0 radical (unpaired) electrons. The lowest BCUT2D eigenvalue weighted by Crippen LogP contribution is -2.48. The Morgan fingerprint density at radius 1 is 1.19 bits per heavy atom. The van der Waals surface area contributed by atoms with Gasteiger partial charge in [0.15, 0.2) is 8.32 Å². The van der Waals surface area contributed by atoms with Gasteiger partial charge in [0, 0.05) is 4.43 Å². The first-order valence-corrected chi connectivity index (χ1v) is 9.65. The van der Waals surface area contributed by atoms with Crippen LogP contribution in [0.4, 0.5) is 13.2 Å². The number of rotatable bonds is 4. The molecule has 1 atom stereocenters. The van der Waals surface area contributed by atoms with E-state index in [2.05, 4.69) is 0 Å². The summed E-state index contributed by atoms with van der Waals surface area (Å²) in [7, 11) is -2.34. The van der Waals surface area contributed by atoms with Gasteiger partial charge in [-0.3, -0.25) is 0 Å². The summed E-state index contributed by atoms with van der Waals surface area (Å²) in [5.41, 5.74) is 0. The lowest BCUT2D eigenvalue weighted by Gasteiger charge is -2.39. The average Bonchev–Trinajstić information content (AvgIpc) is 1.99. The highest BCUT2D eigenvalue weighted by Gasteiger charge is 2.47. The van der Waals surface area contributed by atoms with E-state index in [0.29, 0.717) is 4.43 Å². The second-order valence-corrected chi connectivity index (χ2v) is 11.2. The zero-order valence-electron chi connectivity index (χ0n) is 10.4. The van der Waals surface area contributed by atoms with E-state index in [9.17, 15) is 13.2 Å². The van der Waals surface area contributed by atoms with Gasteiger partial charge >= 0.3 is 6.18 Å². The first-order chi connectivity index (χ1) is 6.92. The third-order valence-electron chi connectivity index (χ3n) is 2.98. The molecule has 0 aromatic carbocycles. The quantitative estimate of drug-likeness (QED) is 0.395. The summed E-state index contributed by atoms with van der Waals surface area (Å²) < 4.78 is 44.0. The fraction of sp³-hybridized carbons (Fsp3) is 1.00. The molecule has 0 rings (SSSR count). The van der Waals surface area contributed by atoms with Crippen molar-refractivity contribution in [1.29, 1.82) is 0 Å². The summed E-state index contributed by atoms with van der Waals surface area (Å²) in [6.45, 7) is 9.52. The van der Waals surface area contributed by atoms with Crippen LogP contribution in [-0.4, -0.2) is 25.0 Å². The lowest BCUT2D eigenvalue weighted by atomic mass is 10.2. The van der Waals surface area contributed by atoms with Gasteiger partial charge in [-0.15, -0.1) is 0 Å². The Hall–Kier alpha value is 0.697. The number of hydrogen-bond donors (Lipinski definition) is 0. The molecule has 0 N–H and O–H groups in total. The van der Waals surface area contributed by atoms with E-state index in [-0.39, 0.29) is 11.5 Å².